The van der Waals surface area contributed by atoms with Gasteiger partial charge < -0.3 is 10.1 Å². The van der Waals surface area contributed by atoms with Crippen molar-refractivity contribution in [3.8, 4) is 0 Å². The van der Waals surface area contributed by atoms with Gasteiger partial charge in [-0.1, -0.05) is 30.3 Å². The van der Waals surface area contributed by atoms with Crippen molar-refractivity contribution in [1.82, 2.24) is 9.78 Å². The molecule has 0 saturated carbocycles. The number of anilines is 1. The zero-order chi connectivity index (χ0) is 14.5. The van der Waals surface area contributed by atoms with Gasteiger partial charge in [-0.25, -0.2) is 0 Å². The Balaban J connectivity index is 1.58. The van der Waals surface area contributed by atoms with Crippen molar-refractivity contribution in [2.24, 2.45) is 0 Å². The Morgan fingerprint density at radius 3 is 3.00 bits per heavy atom. The zero-order valence-corrected chi connectivity index (χ0v) is 11.6. The van der Waals surface area contributed by atoms with E-state index in [4.69, 9.17) is 4.74 Å². The van der Waals surface area contributed by atoms with E-state index in [9.17, 15) is 4.79 Å². The summed E-state index contributed by atoms with van der Waals surface area (Å²) >= 11 is 0. The molecule has 1 aromatic carbocycles. The normalized spacial score (nSPS) is 18.2. The lowest BCUT2D eigenvalue weighted by Gasteiger charge is -2.06. The third-order valence-electron chi connectivity index (χ3n) is 3.38. The number of hydrogen-bond donors (Lipinski definition) is 1. The van der Waals surface area contributed by atoms with Crippen molar-refractivity contribution < 1.29 is 9.53 Å². The van der Waals surface area contributed by atoms with Gasteiger partial charge in [0.05, 0.1) is 24.5 Å². The number of hydrogen-bond acceptors (Lipinski definition) is 3. The molecule has 1 aliphatic heterocycles. The summed E-state index contributed by atoms with van der Waals surface area (Å²) in [5, 5.41) is 7.07. The molecule has 5 nitrogen and oxygen atoms in total. The van der Waals surface area contributed by atoms with Gasteiger partial charge in [-0.05, 0) is 18.1 Å². The summed E-state index contributed by atoms with van der Waals surface area (Å²) in [6.07, 6.45) is 7.76. The molecule has 1 N–H and O–H groups in total. The van der Waals surface area contributed by atoms with Crippen molar-refractivity contribution in [2.45, 2.75) is 12.5 Å². The average molecular weight is 283 g/mol. The maximum absolute atomic E-state index is 11.9. The first-order valence-corrected chi connectivity index (χ1v) is 6.97. The molecule has 0 radical (unpaired) electrons. The van der Waals surface area contributed by atoms with E-state index in [1.165, 1.54) is 6.08 Å². The van der Waals surface area contributed by atoms with Crippen molar-refractivity contribution in [3.05, 3.63) is 54.4 Å². The van der Waals surface area contributed by atoms with E-state index in [-0.39, 0.29) is 11.9 Å². The Kier molecular flexibility index (Phi) is 4.12. The number of carbonyl (C=O) groups is 1. The van der Waals surface area contributed by atoms with Crippen LogP contribution in [-0.2, 0) is 9.53 Å². The number of aromatic nitrogens is 2. The Morgan fingerprint density at radius 2 is 2.24 bits per heavy atom. The molecular weight excluding hydrogens is 266 g/mol. The number of carbonyl (C=O) groups excluding carboxylic acids is 1. The highest BCUT2D eigenvalue weighted by Gasteiger charge is 2.18. The summed E-state index contributed by atoms with van der Waals surface area (Å²) in [7, 11) is 0. The molecule has 1 saturated heterocycles. The molecule has 108 valence electrons. The molecule has 21 heavy (non-hydrogen) atoms. The van der Waals surface area contributed by atoms with E-state index in [0.29, 0.717) is 12.3 Å². The van der Waals surface area contributed by atoms with Crippen LogP contribution in [0.2, 0.25) is 0 Å². The second-order valence-electron chi connectivity index (χ2n) is 4.96. The molecule has 2 heterocycles. The monoisotopic (exact) mass is 283 g/mol. The second-order valence-corrected chi connectivity index (χ2v) is 4.96. The van der Waals surface area contributed by atoms with Crippen LogP contribution in [0.4, 0.5) is 5.69 Å². The number of ether oxygens (including phenoxy) is 1. The Morgan fingerprint density at radius 1 is 1.38 bits per heavy atom. The summed E-state index contributed by atoms with van der Waals surface area (Å²) < 4.78 is 7.18. The van der Waals surface area contributed by atoms with Gasteiger partial charge in [-0.3, -0.25) is 9.48 Å². The van der Waals surface area contributed by atoms with Crippen LogP contribution in [0.5, 0.6) is 0 Å². The second kappa shape index (κ2) is 6.37. The molecule has 3 rings (SSSR count). The highest BCUT2D eigenvalue weighted by atomic mass is 16.5. The molecule has 0 unspecified atom stereocenters. The van der Waals surface area contributed by atoms with Gasteiger partial charge in [0.15, 0.2) is 0 Å². The van der Waals surface area contributed by atoms with Crippen LogP contribution in [0.15, 0.2) is 48.8 Å². The number of nitrogens with zero attached hydrogens (tertiary/aromatic N) is 2. The van der Waals surface area contributed by atoms with Crippen LogP contribution in [0.25, 0.3) is 6.08 Å². The van der Waals surface area contributed by atoms with Crippen molar-refractivity contribution >= 4 is 17.7 Å². The van der Waals surface area contributed by atoms with Crippen LogP contribution < -0.4 is 5.32 Å². The van der Waals surface area contributed by atoms with E-state index >= 15 is 0 Å². The molecule has 0 aliphatic carbocycles. The molecule has 1 aliphatic rings. The minimum absolute atomic E-state index is 0.166. The molecule has 1 amide bonds. The van der Waals surface area contributed by atoms with Crippen LogP contribution in [0.3, 0.4) is 0 Å². The van der Waals surface area contributed by atoms with E-state index < -0.39 is 0 Å². The maximum Gasteiger partial charge on any atom is 0.248 e. The van der Waals surface area contributed by atoms with Crippen LogP contribution in [0.1, 0.15) is 18.0 Å². The molecule has 1 aromatic heterocycles. The van der Waals surface area contributed by atoms with Crippen LogP contribution in [-0.4, -0.2) is 28.9 Å². The predicted molar refractivity (Wildman–Crippen MR) is 80.8 cm³/mol. The first-order chi connectivity index (χ1) is 10.3. The number of rotatable bonds is 4. The lowest BCUT2D eigenvalue weighted by molar-refractivity contribution is -0.111. The van der Waals surface area contributed by atoms with Gasteiger partial charge in [0.1, 0.15) is 0 Å². The fourth-order valence-corrected chi connectivity index (χ4v) is 2.25. The van der Waals surface area contributed by atoms with Crippen LogP contribution in [0, 0.1) is 0 Å². The molecule has 0 spiro atoms. The summed E-state index contributed by atoms with van der Waals surface area (Å²) in [5.74, 6) is -0.166. The largest absolute Gasteiger partial charge is 0.379 e. The number of amides is 1. The molecule has 1 atom stereocenters. The minimum atomic E-state index is -0.166. The first kappa shape index (κ1) is 13.6. The highest BCUT2D eigenvalue weighted by Crippen LogP contribution is 2.19. The lowest BCUT2D eigenvalue weighted by Crippen LogP contribution is -2.09. The average Bonchev–Trinajstić information content (AvgIpc) is 3.17. The Hall–Kier alpha value is -2.40. The van der Waals surface area contributed by atoms with Crippen LogP contribution >= 0.6 is 0 Å². The molecule has 2 aromatic rings. The Bertz CT molecular complexity index is 628. The highest BCUT2D eigenvalue weighted by molar-refractivity contribution is 6.01. The maximum atomic E-state index is 11.9. The van der Waals surface area contributed by atoms with E-state index in [1.54, 1.807) is 12.3 Å². The van der Waals surface area contributed by atoms with Gasteiger partial charge in [-0.15, -0.1) is 0 Å². The lowest BCUT2D eigenvalue weighted by atomic mass is 10.2. The molecular formula is C16H17N3O2. The van der Waals surface area contributed by atoms with Crippen molar-refractivity contribution in [2.75, 3.05) is 18.5 Å². The fraction of sp³-hybridized carbons (Fsp3) is 0.250. The zero-order valence-electron chi connectivity index (χ0n) is 11.6. The summed E-state index contributed by atoms with van der Waals surface area (Å²) in [4.78, 5) is 11.9. The van der Waals surface area contributed by atoms with Crippen molar-refractivity contribution in [3.63, 3.8) is 0 Å². The first-order valence-electron chi connectivity index (χ1n) is 6.97. The molecule has 5 heteroatoms. The van der Waals surface area contributed by atoms with Gasteiger partial charge in [0, 0.05) is 18.9 Å². The van der Waals surface area contributed by atoms with Crippen molar-refractivity contribution in [1.29, 1.82) is 0 Å². The third kappa shape index (κ3) is 3.58. The minimum Gasteiger partial charge on any atom is -0.379 e. The number of benzene rings is 1. The van der Waals surface area contributed by atoms with Gasteiger partial charge in [0.2, 0.25) is 5.91 Å². The van der Waals surface area contributed by atoms with E-state index in [1.807, 2.05) is 41.2 Å². The standard InChI is InChI=1S/C16H17N3O2/c20-16(7-6-13-4-2-1-3-5-13)18-14-10-17-19(11-14)15-8-9-21-12-15/h1-7,10-11,15H,8-9,12H2,(H,18,20)/b7-6+/t15-/m1/s1. The van der Waals surface area contributed by atoms with E-state index in [2.05, 4.69) is 10.4 Å². The quantitative estimate of drug-likeness (QED) is 0.877. The Labute approximate surface area is 123 Å². The smallest absolute Gasteiger partial charge is 0.248 e. The molecule has 0 bridgehead atoms. The van der Waals surface area contributed by atoms with Gasteiger partial charge in [-0.2, -0.15) is 5.10 Å². The molecule has 1 fully saturated rings. The fourth-order valence-electron chi connectivity index (χ4n) is 2.25. The summed E-state index contributed by atoms with van der Waals surface area (Å²) in [5.41, 5.74) is 1.69. The van der Waals surface area contributed by atoms with Gasteiger partial charge >= 0.3 is 0 Å². The third-order valence-corrected chi connectivity index (χ3v) is 3.38. The van der Waals surface area contributed by atoms with Gasteiger partial charge in [0.25, 0.3) is 0 Å². The number of nitrogens with one attached hydrogen (secondary N) is 1. The SMILES string of the molecule is O=C(/C=C/c1ccccc1)Nc1cnn([C@@H]2CCOC2)c1. The predicted octanol–water partition coefficient (Wildman–Crippen LogP) is 2.50. The summed E-state index contributed by atoms with van der Waals surface area (Å²) in [6.45, 7) is 1.45. The summed E-state index contributed by atoms with van der Waals surface area (Å²) in [6, 6.07) is 9.98. The topological polar surface area (TPSA) is 56.2 Å². The van der Waals surface area contributed by atoms with E-state index in [0.717, 1.165) is 18.6 Å².